The second-order valence-electron chi connectivity index (χ2n) is 4.52. The Hall–Kier alpha value is -1.71. The van der Waals surface area contributed by atoms with E-state index in [4.69, 9.17) is 34.3 Å². The Bertz CT molecular complexity index is 641. The van der Waals surface area contributed by atoms with Gasteiger partial charge >= 0.3 is 0 Å². The van der Waals surface area contributed by atoms with Crippen molar-refractivity contribution in [3.05, 3.63) is 63.6 Å². The largest absolute Gasteiger partial charge is 0.384 e. The van der Waals surface area contributed by atoms with E-state index in [1.165, 1.54) is 0 Å². The molecule has 0 aliphatic heterocycles. The van der Waals surface area contributed by atoms with Gasteiger partial charge in [0.25, 0.3) is 0 Å². The molecule has 0 fully saturated rings. The van der Waals surface area contributed by atoms with Crippen LogP contribution in [0.2, 0.25) is 10.0 Å². The van der Waals surface area contributed by atoms with E-state index in [1.54, 1.807) is 12.1 Å². The lowest BCUT2D eigenvalue weighted by Gasteiger charge is -2.23. The second-order valence-corrected chi connectivity index (χ2v) is 5.37. The molecule has 0 aliphatic carbocycles. The first kappa shape index (κ1) is 14.7. The molecule has 104 valence electrons. The Balaban J connectivity index is 2.32. The number of hydrogen-bond donors (Lipinski definition) is 2. The SMILES string of the molecule is CN(Cc1ccccc1Cl)c1ccc(Cl)cc1C(=N)N. The van der Waals surface area contributed by atoms with Crippen LogP contribution in [0.3, 0.4) is 0 Å². The van der Waals surface area contributed by atoms with Crippen LogP contribution in [0, 0.1) is 5.41 Å². The van der Waals surface area contributed by atoms with Crippen molar-refractivity contribution in [3.8, 4) is 0 Å². The van der Waals surface area contributed by atoms with Crippen molar-refractivity contribution >= 4 is 34.7 Å². The van der Waals surface area contributed by atoms with Gasteiger partial charge in [-0.3, -0.25) is 5.41 Å². The number of rotatable bonds is 4. The van der Waals surface area contributed by atoms with E-state index in [0.29, 0.717) is 17.1 Å². The van der Waals surface area contributed by atoms with Crippen LogP contribution < -0.4 is 10.6 Å². The average molecular weight is 308 g/mol. The number of nitrogens with one attached hydrogen (secondary N) is 1. The highest BCUT2D eigenvalue weighted by Crippen LogP contribution is 2.26. The van der Waals surface area contributed by atoms with Gasteiger partial charge in [0, 0.05) is 34.9 Å². The van der Waals surface area contributed by atoms with Crippen LogP contribution in [-0.4, -0.2) is 12.9 Å². The van der Waals surface area contributed by atoms with E-state index < -0.39 is 0 Å². The van der Waals surface area contributed by atoms with Gasteiger partial charge in [-0.1, -0.05) is 41.4 Å². The van der Waals surface area contributed by atoms with Crippen molar-refractivity contribution < 1.29 is 0 Å². The summed E-state index contributed by atoms with van der Waals surface area (Å²) in [6.07, 6.45) is 0. The third kappa shape index (κ3) is 3.24. The summed E-state index contributed by atoms with van der Waals surface area (Å²) in [6.45, 7) is 0.627. The van der Waals surface area contributed by atoms with Crippen LogP contribution in [0.25, 0.3) is 0 Å². The zero-order valence-electron chi connectivity index (χ0n) is 11.0. The van der Waals surface area contributed by atoms with Crippen LogP contribution in [0.15, 0.2) is 42.5 Å². The molecule has 0 amide bonds. The number of hydrogen-bond acceptors (Lipinski definition) is 2. The van der Waals surface area contributed by atoms with Crippen molar-refractivity contribution in [2.75, 3.05) is 11.9 Å². The van der Waals surface area contributed by atoms with Gasteiger partial charge in [-0.25, -0.2) is 0 Å². The van der Waals surface area contributed by atoms with Crippen molar-refractivity contribution in [1.82, 2.24) is 0 Å². The maximum absolute atomic E-state index is 7.65. The molecule has 0 heterocycles. The molecule has 2 aromatic rings. The van der Waals surface area contributed by atoms with E-state index in [2.05, 4.69) is 0 Å². The van der Waals surface area contributed by atoms with Crippen molar-refractivity contribution in [2.24, 2.45) is 5.73 Å². The quantitative estimate of drug-likeness (QED) is 0.664. The fraction of sp³-hybridized carbons (Fsp3) is 0.133. The summed E-state index contributed by atoms with van der Waals surface area (Å²) in [7, 11) is 1.93. The molecule has 0 aliphatic rings. The topological polar surface area (TPSA) is 53.1 Å². The monoisotopic (exact) mass is 307 g/mol. The number of nitrogen functional groups attached to an aromatic ring is 1. The molecule has 0 saturated heterocycles. The Labute approximate surface area is 128 Å². The Morgan fingerprint density at radius 1 is 1.20 bits per heavy atom. The van der Waals surface area contributed by atoms with Crippen LogP contribution in [0.5, 0.6) is 0 Å². The normalized spacial score (nSPS) is 10.3. The maximum Gasteiger partial charge on any atom is 0.124 e. The first-order valence-corrected chi connectivity index (χ1v) is 6.83. The molecule has 0 aromatic heterocycles. The minimum atomic E-state index is -0.00601. The van der Waals surface area contributed by atoms with E-state index >= 15 is 0 Å². The summed E-state index contributed by atoms with van der Waals surface area (Å²) in [4.78, 5) is 1.99. The number of amidine groups is 1. The molecule has 0 spiro atoms. The van der Waals surface area contributed by atoms with Gasteiger partial charge in [-0.2, -0.15) is 0 Å². The first-order valence-electron chi connectivity index (χ1n) is 6.07. The fourth-order valence-corrected chi connectivity index (χ4v) is 2.39. The van der Waals surface area contributed by atoms with E-state index in [1.807, 2.05) is 42.3 Å². The number of anilines is 1. The predicted molar refractivity (Wildman–Crippen MR) is 86.0 cm³/mol. The molecule has 0 unspecified atom stereocenters. The van der Waals surface area contributed by atoms with Crippen LogP contribution >= 0.6 is 23.2 Å². The number of nitrogens with zero attached hydrogens (tertiary/aromatic N) is 1. The molecule has 2 rings (SSSR count). The number of nitrogens with two attached hydrogens (primary N) is 1. The summed E-state index contributed by atoms with van der Waals surface area (Å²) in [6, 6.07) is 13.0. The second kappa shape index (κ2) is 6.16. The summed E-state index contributed by atoms with van der Waals surface area (Å²) in [5, 5.41) is 8.93. The van der Waals surface area contributed by atoms with Crippen LogP contribution in [0.1, 0.15) is 11.1 Å². The molecule has 20 heavy (non-hydrogen) atoms. The molecule has 2 aromatic carbocycles. The molecule has 0 radical (unpaired) electrons. The minimum absolute atomic E-state index is 0.00601. The molecule has 3 N–H and O–H groups in total. The summed E-state index contributed by atoms with van der Waals surface area (Å²) in [5.41, 5.74) is 8.10. The molecular weight excluding hydrogens is 293 g/mol. The van der Waals surface area contributed by atoms with E-state index in [9.17, 15) is 0 Å². The summed E-state index contributed by atoms with van der Waals surface area (Å²) >= 11 is 12.1. The number of benzene rings is 2. The van der Waals surface area contributed by atoms with Crippen molar-refractivity contribution in [2.45, 2.75) is 6.54 Å². The first-order chi connectivity index (χ1) is 9.49. The Morgan fingerprint density at radius 3 is 2.55 bits per heavy atom. The van der Waals surface area contributed by atoms with E-state index in [-0.39, 0.29) is 5.84 Å². The van der Waals surface area contributed by atoms with Gasteiger partial charge in [-0.05, 0) is 29.8 Å². The molecule has 0 atom stereocenters. The van der Waals surface area contributed by atoms with Crippen molar-refractivity contribution in [3.63, 3.8) is 0 Å². The van der Waals surface area contributed by atoms with Crippen LogP contribution in [-0.2, 0) is 6.54 Å². The predicted octanol–water partition coefficient (Wildman–Crippen LogP) is 3.91. The third-order valence-electron chi connectivity index (χ3n) is 3.03. The lowest BCUT2D eigenvalue weighted by Crippen LogP contribution is -2.22. The molecular formula is C15H15Cl2N3. The van der Waals surface area contributed by atoms with Gasteiger partial charge < -0.3 is 10.6 Å². The maximum atomic E-state index is 7.65. The minimum Gasteiger partial charge on any atom is -0.384 e. The van der Waals surface area contributed by atoms with Gasteiger partial charge in [0.2, 0.25) is 0 Å². The highest BCUT2D eigenvalue weighted by atomic mass is 35.5. The highest BCUT2D eigenvalue weighted by molar-refractivity contribution is 6.31. The van der Waals surface area contributed by atoms with Gasteiger partial charge in [0.1, 0.15) is 5.84 Å². The standard InChI is InChI=1S/C15H15Cl2N3/c1-20(9-10-4-2-3-5-13(10)17)14-7-6-11(16)8-12(14)15(18)19/h2-8H,9H2,1H3,(H3,18,19). The molecule has 5 heteroatoms. The van der Waals surface area contributed by atoms with Crippen molar-refractivity contribution in [1.29, 1.82) is 5.41 Å². The Morgan fingerprint density at radius 2 is 1.90 bits per heavy atom. The number of halogens is 2. The average Bonchev–Trinajstić information content (AvgIpc) is 2.41. The van der Waals surface area contributed by atoms with Gasteiger partial charge in [-0.15, -0.1) is 0 Å². The molecule has 3 nitrogen and oxygen atoms in total. The Kier molecular flexibility index (Phi) is 4.53. The van der Waals surface area contributed by atoms with Gasteiger partial charge in [0.05, 0.1) is 0 Å². The van der Waals surface area contributed by atoms with Crippen LogP contribution in [0.4, 0.5) is 5.69 Å². The van der Waals surface area contributed by atoms with E-state index in [0.717, 1.165) is 16.3 Å². The summed E-state index contributed by atoms with van der Waals surface area (Å²) in [5.74, 6) is -0.00601. The molecule has 0 bridgehead atoms. The third-order valence-corrected chi connectivity index (χ3v) is 3.63. The smallest absolute Gasteiger partial charge is 0.124 e. The zero-order chi connectivity index (χ0) is 14.7. The zero-order valence-corrected chi connectivity index (χ0v) is 12.5. The highest BCUT2D eigenvalue weighted by Gasteiger charge is 2.12. The van der Waals surface area contributed by atoms with Gasteiger partial charge in [0.15, 0.2) is 0 Å². The lowest BCUT2D eigenvalue weighted by atomic mass is 10.1. The lowest BCUT2D eigenvalue weighted by molar-refractivity contribution is 0.921. The molecule has 0 saturated carbocycles. The summed E-state index contributed by atoms with van der Waals surface area (Å²) < 4.78 is 0. The fourth-order valence-electron chi connectivity index (χ4n) is 2.02.